The van der Waals surface area contributed by atoms with Gasteiger partial charge < -0.3 is 55.6 Å². The smallest absolute Gasteiger partial charge is 0.299 e. The van der Waals surface area contributed by atoms with Crippen molar-refractivity contribution in [2.24, 2.45) is 0 Å². The molecule has 3 aromatic rings. The molecule has 2 heterocycles. The Morgan fingerprint density at radius 3 is 1.17 bits per heavy atom. The summed E-state index contributed by atoms with van der Waals surface area (Å²) in [4.78, 5) is 64.8. The highest BCUT2D eigenvalue weighted by atomic mass is 16.7. The Morgan fingerprint density at radius 2 is 0.831 bits per heavy atom. The summed E-state index contributed by atoms with van der Waals surface area (Å²) in [6.07, 6.45) is -16.1. The Hall–Kier alpha value is -6.86. The van der Waals surface area contributed by atoms with E-state index in [1.54, 1.807) is 0 Å². The number of non-ortho nitro benzene ring substituents is 3. The van der Waals surface area contributed by atoms with Crippen molar-refractivity contribution in [3.8, 4) is 0 Å². The Labute approximate surface area is 326 Å². The zero-order valence-electron chi connectivity index (χ0n) is 29.4. The molecule has 2 fully saturated rings. The first-order valence-electron chi connectivity index (χ1n) is 16.7. The summed E-state index contributed by atoms with van der Waals surface area (Å²) in [5.74, 6) is 0. The first-order chi connectivity index (χ1) is 27.7. The monoisotopic (exact) mass is 837 g/mol. The van der Waals surface area contributed by atoms with Gasteiger partial charge in [-0.3, -0.25) is 60.7 Å². The maximum atomic E-state index is 12.3. The molecule has 0 bridgehead atoms. The normalized spacial score (nSPS) is 26.6. The average Bonchev–Trinajstić information content (AvgIpc) is 3.18. The predicted octanol–water partition coefficient (Wildman–Crippen LogP) is -0.218. The molecule has 0 saturated carbocycles. The van der Waals surface area contributed by atoms with E-state index in [1.165, 1.54) is 0 Å². The van der Waals surface area contributed by atoms with Crippen LogP contribution in [0.5, 0.6) is 0 Å². The van der Waals surface area contributed by atoms with Crippen LogP contribution in [0, 0.1) is 60.7 Å². The van der Waals surface area contributed by atoms with Crippen LogP contribution in [0.4, 0.5) is 51.2 Å². The molecular weight excluding hydrogens is 806 g/mol. The van der Waals surface area contributed by atoms with Crippen molar-refractivity contribution in [3.05, 3.63) is 115 Å². The van der Waals surface area contributed by atoms with Gasteiger partial charge in [0.25, 0.3) is 34.1 Å². The van der Waals surface area contributed by atoms with Crippen LogP contribution in [-0.4, -0.2) is 135 Å². The predicted molar refractivity (Wildman–Crippen MR) is 192 cm³/mol. The number of nitro benzene ring substituents is 6. The van der Waals surface area contributed by atoms with E-state index in [1.807, 2.05) is 0 Å². The van der Waals surface area contributed by atoms with E-state index in [0.29, 0.717) is 18.2 Å². The van der Waals surface area contributed by atoms with E-state index in [-0.39, 0.29) is 0 Å². The first kappa shape index (κ1) is 43.3. The van der Waals surface area contributed by atoms with Crippen LogP contribution in [0.25, 0.3) is 0 Å². The fourth-order valence-corrected chi connectivity index (χ4v) is 6.46. The largest absolute Gasteiger partial charge is 0.388 e. The highest BCUT2D eigenvalue weighted by Crippen LogP contribution is 2.37. The van der Waals surface area contributed by atoms with Gasteiger partial charge in [0.1, 0.15) is 53.7 Å². The minimum Gasteiger partial charge on any atom is -0.388 e. The van der Waals surface area contributed by atoms with Gasteiger partial charge in [-0.15, -0.1) is 0 Å². The molecule has 2 saturated heterocycles. The second-order valence-electron chi connectivity index (χ2n) is 13.0. The van der Waals surface area contributed by atoms with Gasteiger partial charge in [0.15, 0.2) is 12.6 Å². The number of aliphatic hydroxyl groups is 6. The Balaban J connectivity index is 1.52. The summed E-state index contributed by atoms with van der Waals surface area (Å²) in [7, 11) is 0. The van der Waals surface area contributed by atoms with Crippen molar-refractivity contribution in [2.75, 3.05) is 28.6 Å². The summed E-state index contributed by atoms with van der Waals surface area (Å²) >= 11 is 0. The van der Waals surface area contributed by atoms with E-state index < -0.39 is 155 Å². The number of nitrogens with one attached hydrogen (secondary N) is 2. The zero-order valence-corrected chi connectivity index (χ0v) is 29.4. The minimum absolute atomic E-state index is 0.475. The lowest BCUT2D eigenvalue weighted by atomic mass is 9.93. The van der Waals surface area contributed by atoms with Crippen molar-refractivity contribution in [1.29, 1.82) is 0 Å². The van der Waals surface area contributed by atoms with E-state index in [4.69, 9.17) is 9.47 Å². The van der Waals surface area contributed by atoms with Crippen molar-refractivity contribution in [1.82, 2.24) is 0 Å². The molecule has 5 rings (SSSR count). The molecule has 59 heavy (non-hydrogen) atoms. The summed E-state index contributed by atoms with van der Waals surface area (Å²) < 4.78 is 10.8. The van der Waals surface area contributed by atoms with Gasteiger partial charge >= 0.3 is 0 Å². The SMILES string of the molecule is O=[N+]([O-])c1ccc(N[C@@H]2[C@@H](O)[C@H](O)O[C@H](CN(C[C@H]3O[C@H](O)[C@H](O)[C@@H](Nc4ccc([N+](=O)[O-])cc4[N+](=O)[O-])[C@@H]3O)c3ccc([N+](=O)[O-])cc3[N+](=O)[O-])[C@H]2O)c([N+](=O)[O-])c1. The second kappa shape index (κ2) is 17.3. The molecule has 8 N–H and O–H groups in total. The third-order valence-electron chi connectivity index (χ3n) is 9.38. The molecule has 0 radical (unpaired) electrons. The fraction of sp³-hybridized carbons (Fsp3) is 0.400. The topological polar surface area (TPSA) is 426 Å². The Kier molecular flexibility index (Phi) is 12.7. The van der Waals surface area contributed by atoms with Crippen LogP contribution in [0.2, 0.25) is 0 Å². The number of aliphatic hydroxyl groups excluding tert-OH is 6. The van der Waals surface area contributed by atoms with E-state index in [0.717, 1.165) is 41.3 Å². The lowest BCUT2D eigenvalue weighted by Crippen LogP contribution is -2.64. The summed E-state index contributed by atoms with van der Waals surface area (Å²) in [6.45, 7) is -1.64. The number of nitrogens with zero attached hydrogens (tertiary/aromatic N) is 7. The van der Waals surface area contributed by atoms with Gasteiger partial charge in [-0.05, 0) is 18.2 Å². The maximum absolute atomic E-state index is 12.3. The van der Waals surface area contributed by atoms with Crippen molar-refractivity contribution in [2.45, 2.75) is 61.3 Å². The zero-order chi connectivity index (χ0) is 43.6. The number of anilines is 3. The molecule has 10 atom stereocenters. The van der Waals surface area contributed by atoms with Crippen molar-refractivity contribution in [3.63, 3.8) is 0 Å². The first-order valence-corrected chi connectivity index (χ1v) is 16.7. The molecule has 0 aromatic heterocycles. The van der Waals surface area contributed by atoms with Gasteiger partial charge in [0, 0.05) is 31.3 Å². The lowest BCUT2D eigenvalue weighted by Gasteiger charge is -2.45. The van der Waals surface area contributed by atoms with Crippen molar-refractivity contribution >= 4 is 51.2 Å². The number of benzene rings is 3. The number of hydrogen-bond donors (Lipinski definition) is 8. The van der Waals surface area contributed by atoms with Crippen molar-refractivity contribution < 1.29 is 69.7 Å². The fourth-order valence-electron chi connectivity index (χ4n) is 6.46. The highest BCUT2D eigenvalue weighted by molar-refractivity contribution is 5.68. The van der Waals surface area contributed by atoms with Crippen LogP contribution >= 0.6 is 0 Å². The molecule has 0 aliphatic carbocycles. The Bertz CT molecular complexity index is 2050. The molecule has 29 heteroatoms. The minimum atomic E-state index is -2.20. The Morgan fingerprint density at radius 1 is 0.492 bits per heavy atom. The number of hydrogen-bond acceptors (Lipinski definition) is 23. The second-order valence-corrected chi connectivity index (χ2v) is 13.0. The highest BCUT2D eigenvalue weighted by Gasteiger charge is 2.48. The van der Waals surface area contributed by atoms with E-state index in [2.05, 4.69) is 10.6 Å². The third kappa shape index (κ3) is 9.16. The third-order valence-corrected chi connectivity index (χ3v) is 9.38. The molecule has 316 valence electrons. The van der Waals surface area contributed by atoms with Crippen LogP contribution < -0.4 is 15.5 Å². The molecule has 2 aliphatic rings. The van der Waals surface area contributed by atoms with Gasteiger partial charge in [0.2, 0.25) is 0 Å². The molecule has 0 amide bonds. The quantitative estimate of drug-likeness (QED) is 0.0724. The van der Waals surface area contributed by atoms with E-state index in [9.17, 15) is 91.3 Å². The van der Waals surface area contributed by atoms with Crippen LogP contribution in [0.3, 0.4) is 0 Å². The molecule has 29 nitrogen and oxygen atoms in total. The molecule has 2 aliphatic heterocycles. The standard InChI is InChI=1S/C30H31N9O20/c40-25-21(58-29(44)27(42)23(25)31-15-4-1-12(34(46)47)7-18(15)37(52)53)10-33(17-6-3-14(36(50)51)9-20(17)39(56)57)11-22-26(41)24(28(43)30(45)59-22)32-16-5-2-13(35(48)49)8-19(16)38(54)55/h1-9,21-32,40-45H,10-11H2/t21-,22-,23+,24+,25-,26-,27-,28-,29-,30+/m1/s1. The molecule has 0 unspecified atom stereocenters. The molecular formula is C30H31N9O20. The maximum Gasteiger partial charge on any atom is 0.299 e. The van der Waals surface area contributed by atoms with Gasteiger partial charge in [-0.25, -0.2) is 0 Å². The van der Waals surface area contributed by atoms with Gasteiger partial charge in [-0.1, -0.05) is 0 Å². The summed E-state index contributed by atoms with van der Waals surface area (Å²) in [6, 6.07) is 3.34. The summed E-state index contributed by atoms with van der Waals surface area (Å²) in [5, 5.41) is 140. The van der Waals surface area contributed by atoms with Crippen LogP contribution in [0.1, 0.15) is 0 Å². The number of rotatable bonds is 15. The van der Waals surface area contributed by atoms with Gasteiger partial charge in [0.05, 0.1) is 59.8 Å². The van der Waals surface area contributed by atoms with Crippen LogP contribution in [0.15, 0.2) is 54.6 Å². The van der Waals surface area contributed by atoms with Crippen LogP contribution in [-0.2, 0) is 9.47 Å². The molecule has 0 spiro atoms. The number of ether oxygens (including phenoxy) is 2. The number of nitro groups is 6. The lowest BCUT2D eigenvalue weighted by molar-refractivity contribution is -0.394. The molecule has 3 aromatic carbocycles. The average molecular weight is 838 g/mol. The summed E-state index contributed by atoms with van der Waals surface area (Å²) in [5.41, 5.74) is -6.32. The van der Waals surface area contributed by atoms with E-state index >= 15 is 0 Å². The van der Waals surface area contributed by atoms with Gasteiger partial charge in [-0.2, -0.15) is 0 Å².